The average molecular weight is 673 g/mol. The van der Waals surface area contributed by atoms with Crippen molar-refractivity contribution in [3.63, 3.8) is 0 Å². The maximum absolute atomic E-state index is 5.45. The number of furan rings is 2. The summed E-state index contributed by atoms with van der Waals surface area (Å²) in [6.07, 6.45) is 7.21. The number of pyridine rings is 2. The van der Waals surface area contributed by atoms with E-state index in [4.69, 9.17) is 8.83 Å². The first-order valence-electron chi connectivity index (χ1n) is 16.9. The van der Waals surface area contributed by atoms with E-state index in [1.807, 2.05) is 73.2 Å². The van der Waals surface area contributed by atoms with E-state index in [1.165, 1.54) is 10.4 Å². The van der Waals surface area contributed by atoms with Crippen molar-refractivity contribution >= 4 is 11.3 Å². The third kappa shape index (κ3) is 17.1. The van der Waals surface area contributed by atoms with E-state index in [2.05, 4.69) is 150 Å². The zero-order valence-electron chi connectivity index (χ0n) is 32.9. The van der Waals surface area contributed by atoms with Crippen LogP contribution in [0.25, 0.3) is 0 Å². The van der Waals surface area contributed by atoms with Gasteiger partial charge in [0.2, 0.25) is 0 Å². The first-order valence-corrected chi connectivity index (χ1v) is 17.8. The molecule has 5 aromatic rings. The Bertz CT molecular complexity index is 1410. The van der Waals surface area contributed by atoms with Crippen molar-refractivity contribution in [3.05, 3.63) is 130 Å². The molecule has 0 saturated carbocycles. The fourth-order valence-corrected chi connectivity index (χ4v) is 4.72. The van der Waals surface area contributed by atoms with E-state index < -0.39 is 0 Å². The second kappa shape index (κ2) is 18.4. The highest BCUT2D eigenvalue weighted by molar-refractivity contribution is 7.10. The zero-order chi connectivity index (χ0) is 36.8. The zero-order valence-corrected chi connectivity index (χ0v) is 33.7. The summed E-state index contributed by atoms with van der Waals surface area (Å²) in [6, 6.07) is 22.4. The Balaban J connectivity index is 0.000000300. The van der Waals surface area contributed by atoms with E-state index >= 15 is 0 Å². The molecule has 5 rings (SSSR count). The number of aryl methyl sites for hydroxylation is 1. The van der Waals surface area contributed by atoms with Crippen LogP contribution < -0.4 is 0 Å². The molecule has 0 aromatic carbocycles. The van der Waals surface area contributed by atoms with Crippen LogP contribution in [0.5, 0.6) is 0 Å². The lowest BCUT2D eigenvalue weighted by Gasteiger charge is -2.17. The number of rotatable bonds is 0. The summed E-state index contributed by atoms with van der Waals surface area (Å²) < 4.78 is 10.6. The molecular weight excluding hydrogens is 609 g/mol. The molecule has 0 amide bonds. The Kier molecular flexibility index (Phi) is 16.3. The molecule has 0 N–H and O–H groups in total. The standard InChI is InChI=1S/2C9H13N.C9H14O.C8H12O.C8H12S/c1-9(2,3)8-4-6-10-7-5-8;1-9(2,3)8-6-4-5-7-10-8;1-7-5-6-8(10-7)9(2,3)4;2*1-8(2,3)7-5-4-6-9-7/h2*4-7H,1-3H3;5-6H,1-4H3;2*4-6H,1-3H3. The van der Waals surface area contributed by atoms with Gasteiger partial charge in [-0.05, 0) is 83.3 Å². The minimum Gasteiger partial charge on any atom is -0.469 e. The second-order valence-electron chi connectivity index (χ2n) is 17.1. The molecule has 5 heteroatoms. The molecule has 264 valence electrons. The lowest BCUT2D eigenvalue weighted by molar-refractivity contribution is 0.395. The van der Waals surface area contributed by atoms with Gasteiger partial charge in [0.25, 0.3) is 0 Å². The number of hydrogen-bond acceptors (Lipinski definition) is 5. The van der Waals surface area contributed by atoms with Crippen LogP contribution in [0, 0.1) is 6.92 Å². The van der Waals surface area contributed by atoms with Crippen molar-refractivity contribution in [2.45, 2.75) is 138 Å². The number of thiophene rings is 1. The summed E-state index contributed by atoms with van der Waals surface area (Å²) >= 11 is 1.83. The van der Waals surface area contributed by atoms with Gasteiger partial charge in [0.05, 0.1) is 6.26 Å². The van der Waals surface area contributed by atoms with Crippen molar-refractivity contribution in [3.8, 4) is 0 Å². The molecule has 0 aliphatic heterocycles. The number of aromatic nitrogens is 2. The fraction of sp³-hybridized carbons (Fsp3) is 0.488. The number of hydrogen-bond donors (Lipinski definition) is 0. The predicted molar refractivity (Wildman–Crippen MR) is 208 cm³/mol. The van der Waals surface area contributed by atoms with Gasteiger partial charge in [0.15, 0.2) is 0 Å². The molecule has 0 spiro atoms. The molecular formula is C43H64N2O2S. The Labute approximate surface area is 297 Å². The summed E-state index contributed by atoms with van der Waals surface area (Å²) in [4.78, 5) is 9.67. The van der Waals surface area contributed by atoms with E-state index in [1.54, 1.807) is 6.26 Å². The molecule has 0 saturated heterocycles. The molecule has 0 aliphatic rings. The fourth-order valence-electron chi connectivity index (χ4n) is 3.91. The predicted octanol–water partition coefficient (Wildman–Crippen LogP) is 13.3. The normalized spacial score (nSPS) is 11.8. The lowest BCUT2D eigenvalue weighted by Crippen LogP contribution is -2.12. The maximum Gasteiger partial charge on any atom is 0.109 e. The van der Waals surface area contributed by atoms with E-state index in [9.17, 15) is 0 Å². The molecule has 48 heavy (non-hydrogen) atoms. The molecule has 0 atom stereocenters. The van der Waals surface area contributed by atoms with E-state index in [0.717, 1.165) is 23.0 Å². The average Bonchev–Trinajstić information content (AvgIpc) is 3.77. The monoisotopic (exact) mass is 672 g/mol. The highest BCUT2D eigenvalue weighted by Gasteiger charge is 2.17. The van der Waals surface area contributed by atoms with Gasteiger partial charge in [-0.1, -0.05) is 116 Å². The van der Waals surface area contributed by atoms with Crippen LogP contribution in [0.2, 0.25) is 0 Å². The van der Waals surface area contributed by atoms with Gasteiger partial charge in [0.1, 0.15) is 17.3 Å². The topological polar surface area (TPSA) is 52.1 Å². The molecule has 0 radical (unpaired) electrons. The van der Waals surface area contributed by atoms with Crippen LogP contribution in [-0.4, -0.2) is 9.97 Å². The minimum atomic E-state index is 0.147. The van der Waals surface area contributed by atoms with Gasteiger partial charge in [-0.15, -0.1) is 11.3 Å². The van der Waals surface area contributed by atoms with Gasteiger partial charge in [0, 0.05) is 45.4 Å². The van der Waals surface area contributed by atoms with Crippen LogP contribution in [-0.2, 0) is 27.1 Å². The first-order chi connectivity index (χ1) is 21.9. The molecule has 5 aromatic heterocycles. The van der Waals surface area contributed by atoms with Gasteiger partial charge in [-0.25, -0.2) is 0 Å². The summed E-state index contributed by atoms with van der Waals surface area (Å²) in [6.45, 7) is 34.6. The van der Waals surface area contributed by atoms with Crippen molar-refractivity contribution in [1.29, 1.82) is 0 Å². The van der Waals surface area contributed by atoms with Crippen molar-refractivity contribution < 1.29 is 8.83 Å². The Morgan fingerprint density at radius 3 is 1.38 bits per heavy atom. The van der Waals surface area contributed by atoms with Crippen molar-refractivity contribution in [2.75, 3.05) is 0 Å². The van der Waals surface area contributed by atoms with Crippen molar-refractivity contribution in [1.82, 2.24) is 9.97 Å². The largest absolute Gasteiger partial charge is 0.469 e. The SMILES string of the molecule is CC(C)(C)c1ccccn1.CC(C)(C)c1ccco1.CC(C)(C)c1cccs1.CC(C)(C)c1ccncc1.Cc1ccc(C(C)(C)C)o1. The molecule has 0 aliphatic carbocycles. The third-order valence-corrected chi connectivity index (χ3v) is 8.28. The van der Waals surface area contributed by atoms with Crippen LogP contribution >= 0.6 is 11.3 Å². The minimum absolute atomic E-state index is 0.147. The Morgan fingerprint density at radius 1 is 0.521 bits per heavy atom. The molecule has 0 fully saturated rings. The maximum atomic E-state index is 5.45. The molecule has 5 heterocycles. The summed E-state index contributed by atoms with van der Waals surface area (Å²) in [5.74, 6) is 3.09. The Morgan fingerprint density at radius 2 is 1.12 bits per heavy atom. The summed E-state index contributed by atoms with van der Waals surface area (Å²) in [5, 5.41) is 2.13. The third-order valence-electron chi connectivity index (χ3n) is 6.98. The second-order valence-corrected chi connectivity index (χ2v) is 18.0. The molecule has 0 unspecified atom stereocenters. The molecule has 4 nitrogen and oxygen atoms in total. The smallest absolute Gasteiger partial charge is 0.109 e. The summed E-state index contributed by atoms with van der Waals surface area (Å²) in [5.41, 5.74) is 3.56. The van der Waals surface area contributed by atoms with Gasteiger partial charge in [-0.3, -0.25) is 9.97 Å². The Hall–Kier alpha value is -3.44. The quantitative estimate of drug-likeness (QED) is 0.164. The van der Waals surface area contributed by atoms with Crippen molar-refractivity contribution in [2.24, 2.45) is 0 Å². The van der Waals surface area contributed by atoms with Crippen LogP contribution in [0.1, 0.15) is 137 Å². The van der Waals surface area contributed by atoms with Crippen LogP contribution in [0.15, 0.2) is 106 Å². The summed E-state index contributed by atoms with van der Waals surface area (Å²) in [7, 11) is 0. The highest BCUT2D eigenvalue weighted by atomic mass is 32.1. The first kappa shape index (κ1) is 42.6. The van der Waals surface area contributed by atoms with E-state index in [-0.39, 0.29) is 21.7 Å². The van der Waals surface area contributed by atoms with Gasteiger partial charge >= 0.3 is 0 Å². The van der Waals surface area contributed by atoms with Gasteiger partial charge < -0.3 is 8.83 Å². The van der Waals surface area contributed by atoms with Crippen LogP contribution in [0.4, 0.5) is 0 Å². The van der Waals surface area contributed by atoms with Crippen LogP contribution in [0.3, 0.4) is 0 Å². The lowest BCUT2D eigenvalue weighted by atomic mass is 9.88. The molecule has 0 bridgehead atoms. The van der Waals surface area contributed by atoms with Gasteiger partial charge in [-0.2, -0.15) is 0 Å². The highest BCUT2D eigenvalue weighted by Crippen LogP contribution is 2.26. The number of nitrogens with zero attached hydrogens (tertiary/aromatic N) is 2. The van der Waals surface area contributed by atoms with E-state index in [0.29, 0.717) is 5.41 Å².